The van der Waals surface area contributed by atoms with Crippen LogP contribution in [0.4, 0.5) is 0 Å². The van der Waals surface area contributed by atoms with E-state index in [4.69, 9.17) is 4.74 Å². The zero-order valence-electron chi connectivity index (χ0n) is 15.3. The Labute approximate surface area is 153 Å². The van der Waals surface area contributed by atoms with Crippen molar-refractivity contribution < 1.29 is 9.53 Å². The summed E-state index contributed by atoms with van der Waals surface area (Å²) in [6.45, 7) is 3.91. The number of thioether (sulfide) groups is 1. The molecule has 1 aromatic heterocycles. The van der Waals surface area contributed by atoms with Gasteiger partial charge in [-0.2, -0.15) is 4.98 Å². The monoisotopic (exact) mass is 361 g/mol. The fourth-order valence-corrected chi connectivity index (χ4v) is 5.94. The fraction of sp³-hybridized carbons (Fsp3) is 0.737. The maximum absolute atomic E-state index is 12.6. The standard InChI is InChI=1S/C19H27N3O2S/c1-11-12(2)20-18(25-3)21-17(11)24-10-16(23)22-19-7-13-4-14(8-19)6-15(5-13)9-19/h13-15H,4-10H2,1-3H3,(H,22,23). The fourth-order valence-electron chi connectivity index (χ4n) is 5.54. The molecular formula is C19H27N3O2S. The number of aromatic nitrogens is 2. The molecule has 0 atom stereocenters. The van der Waals surface area contributed by atoms with Crippen molar-refractivity contribution in [2.45, 2.75) is 63.1 Å². The summed E-state index contributed by atoms with van der Waals surface area (Å²) in [5, 5.41) is 4.03. The lowest BCUT2D eigenvalue weighted by molar-refractivity contribution is -0.128. The third-order valence-electron chi connectivity index (χ3n) is 6.29. The summed E-state index contributed by atoms with van der Waals surface area (Å²) < 4.78 is 5.76. The van der Waals surface area contributed by atoms with Crippen LogP contribution in [0.3, 0.4) is 0 Å². The summed E-state index contributed by atoms with van der Waals surface area (Å²) in [6.07, 6.45) is 9.55. The third kappa shape index (κ3) is 3.37. The molecule has 1 aromatic rings. The van der Waals surface area contributed by atoms with Gasteiger partial charge >= 0.3 is 0 Å². The quantitative estimate of drug-likeness (QED) is 0.644. The van der Waals surface area contributed by atoms with Crippen LogP contribution in [0.5, 0.6) is 5.88 Å². The zero-order valence-corrected chi connectivity index (χ0v) is 16.1. The molecule has 6 heteroatoms. The van der Waals surface area contributed by atoms with Gasteiger partial charge < -0.3 is 10.1 Å². The third-order valence-corrected chi connectivity index (χ3v) is 6.84. The van der Waals surface area contributed by atoms with Gasteiger partial charge in [-0.3, -0.25) is 4.79 Å². The van der Waals surface area contributed by atoms with Crippen LogP contribution in [0.2, 0.25) is 0 Å². The molecule has 5 rings (SSSR count). The molecule has 25 heavy (non-hydrogen) atoms. The van der Waals surface area contributed by atoms with Gasteiger partial charge in [0, 0.05) is 16.8 Å². The molecule has 1 amide bonds. The number of ether oxygens (including phenoxy) is 1. The van der Waals surface area contributed by atoms with Crippen LogP contribution in [0.1, 0.15) is 49.8 Å². The Balaban J connectivity index is 1.39. The van der Waals surface area contributed by atoms with Crippen LogP contribution in [0, 0.1) is 31.6 Å². The molecule has 1 heterocycles. The van der Waals surface area contributed by atoms with Crippen molar-refractivity contribution in [3.8, 4) is 5.88 Å². The van der Waals surface area contributed by atoms with E-state index >= 15 is 0 Å². The van der Waals surface area contributed by atoms with Gasteiger partial charge in [0.05, 0.1) is 0 Å². The molecule has 4 saturated carbocycles. The Morgan fingerprint density at radius 2 is 1.76 bits per heavy atom. The molecule has 5 nitrogen and oxygen atoms in total. The van der Waals surface area contributed by atoms with E-state index in [1.807, 2.05) is 20.1 Å². The van der Waals surface area contributed by atoms with Crippen LogP contribution >= 0.6 is 11.8 Å². The van der Waals surface area contributed by atoms with E-state index < -0.39 is 0 Å². The summed E-state index contributed by atoms with van der Waals surface area (Å²) in [4.78, 5) is 21.4. The molecule has 4 fully saturated rings. The number of carbonyl (C=O) groups excluding carboxylic acids is 1. The highest BCUT2D eigenvalue weighted by molar-refractivity contribution is 7.98. The average molecular weight is 362 g/mol. The molecular weight excluding hydrogens is 334 g/mol. The minimum Gasteiger partial charge on any atom is -0.467 e. The molecule has 1 N–H and O–H groups in total. The predicted octanol–water partition coefficient (Wildman–Crippen LogP) is 3.28. The first-order valence-electron chi connectivity index (χ1n) is 9.29. The van der Waals surface area contributed by atoms with E-state index in [2.05, 4.69) is 15.3 Å². The van der Waals surface area contributed by atoms with Crippen molar-refractivity contribution in [1.82, 2.24) is 15.3 Å². The normalized spacial score (nSPS) is 32.7. The van der Waals surface area contributed by atoms with Crippen molar-refractivity contribution in [3.05, 3.63) is 11.3 Å². The van der Waals surface area contributed by atoms with E-state index in [9.17, 15) is 4.79 Å². The Morgan fingerprint density at radius 3 is 2.32 bits per heavy atom. The molecule has 0 radical (unpaired) electrons. The Bertz CT molecular complexity index is 656. The van der Waals surface area contributed by atoms with Gasteiger partial charge in [0.2, 0.25) is 5.88 Å². The van der Waals surface area contributed by atoms with Crippen LogP contribution < -0.4 is 10.1 Å². The van der Waals surface area contributed by atoms with Gasteiger partial charge in [0.25, 0.3) is 5.91 Å². The van der Waals surface area contributed by atoms with E-state index in [0.717, 1.165) is 48.3 Å². The highest BCUT2D eigenvalue weighted by atomic mass is 32.2. The van der Waals surface area contributed by atoms with Crippen molar-refractivity contribution in [3.63, 3.8) is 0 Å². The smallest absolute Gasteiger partial charge is 0.258 e. The summed E-state index contributed by atoms with van der Waals surface area (Å²) in [5.74, 6) is 2.98. The Hall–Kier alpha value is -1.30. The van der Waals surface area contributed by atoms with Crippen LogP contribution in [0.15, 0.2) is 5.16 Å². The van der Waals surface area contributed by atoms with Gasteiger partial charge in [-0.1, -0.05) is 11.8 Å². The van der Waals surface area contributed by atoms with E-state index in [1.165, 1.54) is 31.0 Å². The van der Waals surface area contributed by atoms with Gasteiger partial charge in [0.1, 0.15) is 0 Å². The van der Waals surface area contributed by atoms with Crippen LogP contribution in [-0.2, 0) is 4.79 Å². The predicted molar refractivity (Wildman–Crippen MR) is 97.8 cm³/mol. The first-order valence-corrected chi connectivity index (χ1v) is 10.5. The van der Waals surface area contributed by atoms with Gasteiger partial charge in [-0.25, -0.2) is 4.98 Å². The lowest BCUT2D eigenvalue weighted by Gasteiger charge is -2.56. The zero-order chi connectivity index (χ0) is 17.6. The number of rotatable bonds is 5. The maximum atomic E-state index is 12.6. The van der Waals surface area contributed by atoms with Crippen molar-refractivity contribution >= 4 is 17.7 Å². The summed E-state index contributed by atoms with van der Waals surface area (Å²) in [6, 6.07) is 0. The number of amides is 1. The molecule has 0 unspecified atom stereocenters. The second-order valence-corrected chi connectivity index (χ2v) is 9.03. The second-order valence-electron chi connectivity index (χ2n) is 8.26. The van der Waals surface area contributed by atoms with Crippen molar-refractivity contribution in [1.29, 1.82) is 0 Å². The first-order chi connectivity index (χ1) is 12.0. The van der Waals surface area contributed by atoms with Crippen LogP contribution in [-0.4, -0.2) is 34.3 Å². The summed E-state index contributed by atoms with van der Waals surface area (Å²) >= 11 is 1.48. The van der Waals surface area contributed by atoms with E-state index in [1.54, 1.807) is 0 Å². The van der Waals surface area contributed by atoms with Crippen LogP contribution in [0.25, 0.3) is 0 Å². The van der Waals surface area contributed by atoms with Crippen molar-refractivity contribution in [2.24, 2.45) is 17.8 Å². The number of nitrogens with zero attached hydrogens (tertiary/aromatic N) is 2. The number of nitrogens with one attached hydrogen (secondary N) is 1. The number of hydrogen-bond acceptors (Lipinski definition) is 5. The van der Waals surface area contributed by atoms with E-state index in [-0.39, 0.29) is 18.1 Å². The van der Waals surface area contributed by atoms with Gasteiger partial charge in [-0.05, 0) is 76.4 Å². The summed E-state index contributed by atoms with van der Waals surface area (Å²) in [7, 11) is 0. The summed E-state index contributed by atoms with van der Waals surface area (Å²) in [5.41, 5.74) is 1.84. The number of aryl methyl sites for hydroxylation is 1. The molecule has 0 saturated heterocycles. The first kappa shape index (κ1) is 17.1. The Kier molecular flexibility index (Phi) is 4.42. The molecule has 136 valence electrons. The topological polar surface area (TPSA) is 64.1 Å². The molecule has 0 spiro atoms. The second kappa shape index (κ2) is 6.45. The SMILES string of the molecule is CSc1nc(C)c(C)c(OCC(=O)NC23CC4CC(CC(C4)C2)C3)n1. The average Bonchev–Trinajstić information content (AvgIpc) is 2.54. The maximum Gasteiger partial charge on any atom is 0.258 e. The molecule has 0 aromatic carbocycles. The lowest BCUT2D eigenvalue weighted by atomic mass is 9.53. The van der Waals surface area contributed by atoms with Gasteiger partial charge in [0.15, 0.2) is 11.8 Å². The molecule has 4 bridgehead atoms. The highest BCUT2D eigenvalue weighted by Gasteiger charge is 2.51. The number of hydrogen-bond donors (Lipinski definition) is 1. The van der Waals surface area contributed by atoms with E-state index in [0.29, 0.717) is 11.0 Å². The highest BCUT2D eigenvalue weighted by Crippen LogP contribution is 2.55. The Morgan fingerprint density at radius 1 is 1.16 bits per heavy atom. The molecule has 4 aliphatic rings. The number of carbonyl (C=O) groups is 1. The molecule has 4 aliphatic carbocycles. The molecule has 0 aliphatic heterocycles. The van der Waals surface area contributed by atoms with Gasteiger partial charge in [-0.15, -0.1) is 0 Å². The minimum absolute atomic E-state index is 0.0108. The largest absolute Gasteiger partial charge is 0.467 e. The van der Waals surface area contributed by atoms with Crippen molar-refractivity contribution in [2.75, 3.05) is 12.9 Å². The lowest BCUT2D eigenvalue weighted by Crippen LogP contribution is -2.60. The minimum atomic E-state index is -0.0108.